The van der Waals surface area contributed by atoms with Crippen LogP contribution in [0, 0.1) is 0 Å². The summed E-state index contributed by atoms with van der Waals surface area (Å²) >= 11 is 0. The van der Waals surface area contributed by atoms with Gasteiger partial charge in [0.05, 0.1) is 33.1 Å². The molecule has 0 spiro atoms. The van der Waals surface area contributed by atoms with Crippen LogP contribution in [0.4, 0.5) is 34.1 Å². The molecule has 13 aromatic rings. The molecule has 0 saturated carbocycles. The van der Waals surface area contributed by atoms with Crippen molar-refractivity contribution in [1.82, 2.24) is 8.80 Å². The molecule has 13 rings (SSSR count). The molecule has 0 radical (unpaired) electrons. The van der Waals surface area contributed by atoms with Gasteiger partial charge in [0.25, 0.3) is 0 Å². The molecule has 0 saturated heterocycles. The summed E-state index contributed by atoms with van der Waals surface area (Å²) in [6.07, 6.45) is 0. The van der Waals surface area contributed by atoms with E-state index in [9.17, 15) is 0 Å². The number of fused-ring (bicyclic) bond motifs is 12. The zero-order valence-electron chi connectivity index (χ0n) is 38.3. The summed E-state index contributed by atoms with van der Waals surface area (Å²) in [7, 11) is 0. The average Bonchev–Trinajstić information content (AvgIpc) is 4.04. The van der Waals surface area contributed by atoms with Crippen LogP contribution in [0.3, 0.4) is 0 Å². The number of hydrogen-bond acceptors (Lipinski definition) is 2. The highest BCUT2D eigenvalue weighted by molar-refractivity contribution is 6.29. The molecule has 0 aliphatic carbocycles. The first kappa shape index (κ1) is 38.6. The maximum absolute atomic E-state index is 2.58. The van der Waals surface area contributed by atoms with Crippen molar-refractivity contribution in [3.05, 3.63) is 205 Å². The van der Waals surface area contributed by atoms with Crippen LogP contribution in [0.2, 0.25) is 0 Å². The molecule has 4 heteroatoms. The summed E-state index contributed by atoms with van der Waals surface area (Å²) < 4.78 is 5.15. The van der Waals surface area contributed by atoms with E-state index < -0.39 is 0 Å². The highest BCUT2D eigenvalue weighted by Crippen LogP contribution is 2.49. The van der Waals surface area contributed by atoms with Crippen molar-refractivity contribution in [3.8, 4) is 0 Å². The number of hydrogen-bond donors (Lipinski definition) is 0. The van der Waals surface area contributed by atoms with Gasteiger partial charge in [-0.2, -0.15) is 0 Å². The minimum atomic E-state index is -0.0435. The Morgan fingerprint density at radius 1 is 0.273 bits per heavy atom. The lowest BCUT2D eigenvalue weighted by atomic mass is 9.85. The van der Waals surface area contributed by atoms with Crippen LogP contribution < -0.4 is 9.80 Å². The monoisotopic (exact) mass is 850 g/mol. The van der Waals surface area contributed by atoms with Crippen LogP contribution in [0.5, 0.6) is 0 Å². The zero-order chi connectivity index (χ0) is 44.6. The second kappa shape index (κ2) is 13.8. The average molecular weight is 851 g/mol. The fourth-order valence-corrected chi connectivity index (χ4v) is 10.9. The lowest BCUT2D eigenvalue weighted by Gasteiger charge is -2.25. The molecule has 0 atom stereocenters. The Balaban J connectivity index is 1.15. The Hall–Kier alpha value is -7.82. The van der Waals surface area contributed by atoms with E-state index in [0.717, 1.165) is 34.1 Å². The first-order chi connectivity index (χ1) is 32.0. The minimum Gasteiger partial charge on any atom is -0.310 e. The summed E-state index contributed by atoms with van der Waals surface area (Å²) in [5, 5.41) is 10.3. The van der Waals surface area contributed by atoms with Crippen molar-refractivity contribution in [2.24, 2.45) is 0 Å². The molecule has 0 aliphatic heterocycles. The van der Waals surface area contributed by atoms with Crippen LogP contribution in [0.15, 0.2) is 194 Å². The van der Waals surface area contributed by atoms with Crippen molar-refractivity contribution < 1.29 is 0 Å². The highest BCUT2D eigenvalue weighted by Gasteiger charge is 2.28. The lowest BCUT2D eigenvalue weighted by molar-refractivity contribution is 0.591. The van der Waals surface area contributed by atoms with Gasteiger partial charge in [-0.3, -0.25) is 0 Å². The summed E-state index contributed by atoms with van der Waals surface area (Å²) in [5.74, 6) is 0. The molecule has 66 heavy (non-hydrogen) atoms. The molecular formula is C62H50N4. The predicted octanol–water partition coefficient (Wildman–Crippen LogP) is 17.5. The Morgan fingerprint density at radius 3 is 0.864 bits per heavy atom. The van der Waals surface area contributed by atoms with E-state index in [1.54, 1.807) is 0 Å². The largest absolute Gasteiger partial charge is 0.310 e. The smallest absolute Gasteiger partial charge is 0.0620 e. The van der Waals surface area contributed by atoms with Gasteiger partial charge in [0.1, 0.15) is 0 Å². The van der Waals surface area contributed by atoms with Crippen molar-refractivity contribution in [3.63, 3.8) is 0 Å². The predicted molar refractivity (Wildman–Crippen MR) is 283 cm³/mol. The van der Waals surface area contributed by atoms with Crippen LogP contribution in [0.25, 0.3) is 76.2 Å². The molecular weight excluding hydrogens is 801 g/mol. The van der Waals surface area contributed by atoms with Gasteiger partial charge in [0, 0.05) is 77.2 Å². The molecule has 318 valence electrons. The maximum atomic E-state index is 2.58. The van der Waals surface area contributed by atoms with Gasteiger partial charge in [0.2, 0.25) is 0 Å². The fourth-order valence-electron chi connectivity index (χ4n) is 10.9. The maximum Gasteiger partial charge on any atom is 0.0620 e. The van der Waals surface area contributed by atoms with Crippen molar-refractivity contribution in [2.75, 3.05) is 9.80 Å². The van der Waals surface area contributed by atoms with E-state index in [0.29, 0.717) is 0 Å². The zero-order valence-corrected chi connectivity index (χ0v) is 38.3. The third kappa shape index (κ3) is 5.64. The molecule has 4 heterocycles. The van der Waals surface area contributed by atoms with Crippen molar-refractivity contribution in [1.29, 1.82) is 0 Å². The van der Waals surface area contributed by atoms with E-state index in [-0.39, 0.29) is 10.8 Å². The second-order valence-electron chi connectivity index (χ2n) is 20.3. The SMILES string of the molecule is CC(C)(C)c1cc2c3ccc(N(c4ccccc4)c4ccccc4)cc3n3c4cc5c6cc(C(C)(C)C)cc7c8ccc(N(c9ccccc9)c9ccccc9)cc8n(c5cc4c(c1)c23)c76. The molecule has 9 aromatic carbocycles. The van der Waals surface area contributed by atoms with Gasteiger partial charge in [-0.1, -0.05) is 126 Å². The standard InChI is InChI=1S/C62H50N4/c1-61(2,3)39-31-51-47-29-27-45(63(41-19-11-7-12-20-41)42-21-13-8-14-22-42)35-55(47)65-57-38-50-54-34-40(62(4,5)6)32-52-48-30-28-46(64(43-23-15-9-16-24-43)44-25-17-10-18-26-44)36-56(48)66(60(52)54)58(50)37-49(57)53(33-39)59(51)65/h7-38H,1-6H3. The third-order valence-electron chi connectivity index (χ3n) is 14.2. The molecule has 0 aliphatic rings. The van der Waals surface area contributed by atoms with Gasteiger partial charge < -0.3 is 18.6 Å². The first-order valence-electron chi connectivity index (χ1n) is 23.3. The van der Waals surface area contributed by atoms with E-state index in [1.807, 2.05) is 0 Å². The van der Waals surface area contributed by atoms with E-state index in [1.165, 1.54) is 87.3 Å². The summed E-state index contributed by atoms with van der Waals surface area (Å²) in [5.41, 5.74) is 16.9. The normalized spacial score (nSPS) is 12.7. The number of anilines is 6. The Morgan fingerprint density at radius 2 is 0.561 bits per heavy atom. The second-order valence-corrected chi connectivity index (χ2v) is 20.3. The van der Waals surface area contributed by atoms with Crippen LogP contribution in [-0.2, 0) is 10.8 Å². The van der Waals surface area contributed by atoms with Gasteiger partial charge in [-0.05, 0) is 131 Å². The summed E-state index contributed by atoms with van der Waals surface area (Å²) in [4.78, 5) is 4.76. The minimum absolute atomic E-state index is 0.0435. The van der Waals surface area contributed by atoms with Gasteiger partial charge in [-0.25, -0.2) is 0 Å². The van der Waals surface area contributed by atoms with Crippen molar-refractivity contribution >= 4 is 110 Å². The number of rotatable bonds is 6. The third-order valence-corrected chi connectivity index (χ3v) is 14.2. The molecule has 0 unspecified atom stereocenters. The highest BCUT2D eigenvalue weighted by atomic mass is 15.1. The van der Waals surface area contributed by atoms with Crippen LogP contribution in [-0.4, -0.2) is 8.80 Å². The van der Waals surface area contributed by atoms with Crippen LogP contribution in [0.1, 0.15) is 52.7 Å². The topological polar surface area (TPSA) is 15.3 Å². The van der Waals surface area contributed by atoms with Crippen molar-refractivity contribution in [2.45, 2.75) is 52.4 Å². The number of aromatic nitrogens is 2. The molecule has 0 fully saturated rings. The molecule has 4 aromatic heterocycles. The molecule has 0 N–H and O–H groups in total. The fraction of sp³-hybridized carbons (Fsp3) is 0.129. The molecule has 0 bridgehead atoms. The Bertz CT molecular complexity index is 3640. The van der Waals surface area contributed by atoms with Crippen LogP contribution >= 0.6 is 0 Å². The first-order valence-corrected chi connectivity index (χ1v) is 23.3. The molecule has 4 nitrogen and oxygen atoms in total. The lowest BCUT2D eigenvalue weighted by Crippen LogP contribution is -2.10. The summed E-state index contributed by atoms with van der Waals surface area (Å²) in [6.45, 7) is 14.0. The Labute approximate surface area is 384 Å². The Kier molecular flexibility index (Phi) is 8.10. The summed E-state index contributed by atoms with van der Waals surface area (Å²) in [6, 6.07) is 72.1. The van der Waals surface area contributed by atoms with E-state index in [4.69, 9.17) is 0 Å². The quantitative estimate of drug-likeness (QED) is 0.166. The van der Waals surface area contributed by atoms with Gasteiger partial charge >= 0.3 is 0 Å². The number of benzene rings is 9. The van der Waals surface area contributed by atoms with E-state index in [2.05, 4.69) is 254 Å². The van der Waals surface area contributed by atoms with Gasteiger partial charge in [0.15, 0.2) is 0 Å². The number of nitrogens with zero attached hydrogens (tertiary/aromatic N) is 4. The van der Waals surface area contributed by atoms with E-state index >= 15 is 0 Å². The molecule has 0 amide bonds. The number of para-hydroxylation sites is 4. The van der Waals surface area contributed by atoms with Gasteiger partial charge in [-0.15, -0.1) is 0 Å².